The van der Waals surface area contributed by atoms with Crippen LogP contribution in [0.15, 0.2) is 21.2 Å². The van der Waals surface area contributed by atoms with Crippen molar-refractivity contribution in [1.82, 2.24) is 0 Å². The molecule has 0 radical (unpaired) electrons. The number of aryl methyl sites for hydroxylation is 1. The Morgan fingerprint density at radius 1 is 1.50 bits per heavy atom. The third-order valence-electron chi connectivity index (χ3n) is 2.12. The van der Waals surface area contributed by atoms with Gasteiger partial charge in [-0.05, 0) is 34.5 Å². The molecule has 1 nitrogen and oxygen atoms in total. The predicted octanol–water partition coefficient (Wildman–Crippen LogP) is 4.55. The van der Waals surface area contributed by atoms with Gasteiger partial charge >= 0.3 is 0 Å². The van der Waals surface area contributed by atoms with E-state index in [-0.39, 0.29) is 5.82 Å². The van der Waals surface area contributed by atoms with Crippen LogP contribution in [0.3, 0.4) is 0 Å². The quantitative estimate of drug-likeness (QED) is 0.745. The number of benzene rings is 1. The van der Waals surface area contributed by atoms with Crippen molar-refractivity contribution in [3.05, 3.63) is 33.2 Å². The summed E-state index contributed by atoms with van der Waals surface area (Å²) in [7, 11) is 0. The summed E-state index contributed by atoms with van der Waals surface area (Å²) in [5.74, 6) is -0.342. The monoisotopic (exact) mass is 276 g/mol. The lowest BCUT2D eigenvalue weighted by Crippen LogP contribution is -1.79. The second kappa shape index (κ2) is 3.55. The first kappa shape index (κ1) is 9.99. The van der Waals surface area contributed by atoms with Gasteiger partial charge in [-0.2, -0.15) is 0 Å². The Kier molecular flexibility index (Phi) is 2.54. The lowest BCUT2D eigenvalue weighted by Gasteiger charge is -1.94. The van der Waals surface area contributed by atoms with Crippen LogP contribution in [-0.4, -0.2) is 0 Å². The molecule has 0 spiro atoms. The highest BCUT2D eigenvalue weighted by Crippen LogP contribution is 2.35. The van der Waals surface area contributed by atoms with Crippen molar-refractivity contribution in [2.45, 2.75) is 13.3 Å². The van der Waals surface area contributed by atoms with Gasteiger partial charge < -0.3 is 4.42 Å². The summed E-state index contributed by atoms with van der Waals surface area (Å²) in [6.45, 7) is 1.98. The van der Waals surface area contributed by atoms with Gasteiger partial charge in [-0.1, -0.05) is 18.5 Å². The average Bonchev–Trinajstić information content (AvgIpc) is 2.41. The molecule has 0 unspecified atom stereocenters. The molecule has 0 aliphatic heterocycles. The van der Waals surface area contributed by atoms with E-state index in [4.69, 9.17) is 16.0 Å². The molecule has 74 valence electrons. The van der Waals surface area contributed by atoms with Crippen molar-refractivity contribution >= 4 is 38.5 Å². The SMILES string of the molecule is CCc1c(Br)oc2c(Cl)cc(F)cc12. The molecular formula is C10H7BrClFO. The normalized spacial score (nSPS) is 11.1. The molecular weight excluding hydrogens is 270 g/mol. The molecule has 0 fully saturated rings. The molecule has 0 amide bonds. The van der Waals surface area contributed by atoms with E-state index < -0.39 is 0 Å². The summed E-state index contributed by atoms with van der Waals surface area (Å²) in [6, 6.07) is 2.69. The third kappa shape index (κ3) is 1.44. The van der Waals surface area contributed by atoms with Crippen LogP contribution in [0.2, 0.25) is 5.02 Å². The molecule has 2 aromatic rings. The molecule has 0 aliphatic carbocycles. The maximum Gasteiger partial charge on any atom is 0.173 e. The van der Waals surface area contributed by atoms with Gasteiger partial charge in [0.25, 0.3) is 0 Å². The van der Waals surface area contributed by atoms with Crippen LogP contribution in [0.25, 0.3) is 11.0 Å². The lowest BCUT2D eigenvalue weighted by molar-refractivity contribution is 0.580. The molecule has 4 heteroatoms. The minimum absolute atomic E-state index is 0.306. The molecule has 0 aliphatic rings. The fourth-order valence-corrected chi connectivity index (χ4v) is 2.38. The van der Waals surface area contributed by atoms with Crippen LogP contribution < -0.4 is 0 Å². The second-order valence-electron chi connectivity index (χ2n) is 2.97. The average molecular weight is 278 g/mol. The number of furan rings is 1. The Balaban J connectivity index is 2.87. The molecule has 1 heterocycles. The minimum Gasteiger partial charge on any atom is -0.447 e. The van der Waals surface area contributed by atoms with Gasteiger partial charge in [0.05, 0.1) is 5.02 Å². The standard InChI is InChI=1S/C10H7BrClFO/c1-2-6-7-3-5(13)4-8(12)9(7)14-10(6)11/h3-4H,2H2,1H3. The summed E-state index contributed by atoms with van der Waals surface area (Å²) in [4.78, 5) is 0. The third-order valence-corrected chi connectivity index (χ3v) is 3.04. The predicted molar refractivity (Wildman–Crippen MR) is 58.3 cm³/mol. The number of rotatable bonds is 1. The van der Waals surface area contributed by atoms with E-state index in [1.807, 2.05) is 6.92 Å². The van der Waals surface area contributed by atoms with E-state index in [1.165, 1.54) is 12.1 Å². The molecule has 0 saturated carbocycles. The highest BCUT2D eigenvalue weighted by Gasteiger charge is 2.14. The van der Waals surface area contributed by atoms with Gasteiger partial charge in [-0.3, -0.25) is 0 Å². The summed E-state index contributed by atoms with van der Waals surface area (Å²) in [5.41, 5.74) is 1.48. The van der Waals surface area contributed by atoms with E-state index in [0.29, 0.717) is 15.3 Å². The van der Waals surface area contributed by atoms with Gasteiger partial charge in [-0.15, -0.1) is 0 Å². The van der Waals surface area contributed by atoms with E-state index in [9.17, 15) is 4.39 Å². The van der Waals surface area contributed by atoms with Crippen molar-refractivity contribution in [1.29, 1.82) is 0 Å². The smallest absolute Gasteiger partial charge is 0.173 e. The zero-order valence-electron chi connectivity index (χ0n) is 7.40. The van der Waals surface area contributed by atoms with Crippen LogP contribution in [0, 0.1) is 5.82 Å². The zero-order chi connectivity index (χ0) is 10.3. The Labute approximate surface area is 94.0 Å². The molecule has 1 aromatic carbocycles. The van der Waals surface area contributed by atoms with Crippen LogP contribution in [-0.2, 0) is 6.42 Å². The van der Waals surface area contributed by atoms with E-state index in [0.717, 1.165) is 17.4 Å². The van der Waals surface area contributed by atoms with Gasteiger partial charge in [0, 0.05) is 10.9 Å². The molecule has 1 aromatic heterocycles. The molecule has 14 heavy (non-hydrogen) atoms. The first-order valence-corrected chi connectivity index (χ1v) is 5.36. The topological polar surface area (TPSA) is 13.1 Å². The molecule has 0 saturated heterocycles. The summed E-state index contributed by atoms with van der Waals surface area (Å²) in [5, 5.41) is 1.05. The second-order valence-corrected chi connectivity index (χ2v) is 4.10. The van der Waals surface area contributed by atoms with Gasteiger partial charge in [-0.25, -0.2) is 4.39 Å². The van der Waals surface area contributed by atoms with Crippen molar-refractivity contribution in [2.75, 3.05) is 0 Å². The summed E-state index contributed by atoms with van der Waals surface area (Å²) < 4.78 is 19.1. The van der Waals surface area contributed by atoms with Crippen LogP contribution in [0.5, 0.6) is 0 Å². The fourth-order valence-electron chi connectivity index (χ4n) is 1.47. The summed E-state index contributed by atoms with van der Waals surface area (Å²) in [6.07, 6.45) is 0.771. The highest BCUT2D eigenvalue weighted by molar-refractivity contribution is 9.10. The largest absolute Gasteiger partial charge is 0.447 e. The molecule has 0 N–H and O–H groups in total. The first-order valence-electron chi connectivity index (χ1n) is 4.19. The van der Waals surface area contributed by atoms with E-state index >= 15 is 0 Å². The zero-order valence-corrected chi connectivity index (χ0v) is 9.75. The van der Waals surface area contributed by atoms with E-state index in [2.05, 4.69) is 15.9 Å². The van der Waals surface area contributed by atoms with Gasteiger partial charge in [0.15, 0.2) is 10.3 Å². The maximum absolute atomic E-state index is 13.1. The first-order chi connectivity index (χ1) is 6.63. The fraction of sp³-hybridized carbons (Fsp3) is 0.200. The molecule has 0 bridgehead atoms. The summed E-state index contributed by atoms with van der Waals surface area (Å²) >= 11 is 9.13. The number of halogens is 3. The Hall–Kier alpha value is -0.540. The van der Waals surface area contributed by atoms with Crippen molar-refractivity contribution in [3.63, 3.8) is 0 Å². The highest BCUT2D eigenvalue weighted by atomic mass is 79.9. The Bertz CT molecular complexity index is 492. The lowest BCUT2D eigenvalue weighted by atomic mass is 10.1. The number of hydrogen-bond donors (Lipinski definition) is 0. The Morgan fingerprint density at radius 3 is 2.86 bits per heavy atom. The van der Waals surface area contributed by atoms with Crippen LogP contribution >= 0.6 is 27.5 Å². The maximum atomic E-state index is 13.1. The van der Waals surface area contributed by atoms with Crippen molar-refractivity contribution in [2.24, 2.45) is 0 Å². The van der Waals surface area contributed by atoms with Crippen molar-refractivity contribution < 1.29 is 8.81 Å². The van der Waals surface area contributed by atoms with Crippen LogP contribution in [0.4, 0.5) is 4.39 Å². The van der Waals surface area contributed by atoms with Gasteiger partial charge in [0.2, 0.25) is 0 Å². The minimum atomic E-state index is -0.342. The molecule has 0 atom stereocenters. The Morgan fingerprint density at radius 2 is 2.21 bits per heavy atom. The van der Waals surface area contributed by atoms with Crippen LogP contribution in [0.1, 0.15) is 12.5 Å². The van der Waals surface area contributed by atoms with E-state index in [1.54, 1.807) is 0 Å². The van der Waals surface area contributed by atoms with Gasteiger partial charge in [0.1, 0.15) is 5.82 Å². The number of hydrogen-bond acceptors (Lipinski definition) is 1. The number of fused-ring (bicyclic) bond motifs is 1. The van der Waals surface area contributed by atoms with Crippen molar-refractivity contribution in [3.8, 4) is 0 Å². The molecule has 2 rings (SSSR count).